The molecule has 0 bridgehead atoms. The monoisotopic (exact) mass is 285 g/mol. The molecule has 15 heavy (non-hydrogen) atoms. The Bertz CT molecular complexity index is 481. The first kappa shape index (κ1) is 10.7. The van der Waals surface area contributed by atoms with Gasteiger partial charge in [-0.3, -0.25) is 0 Å². The van der Waals surface area contributed by atoms with Crippen LogP contribution in [0.25, 0.3) is 11.3 Å². The van der Waals surface area contributed by atoms with Crippen LogP contribution in [0.5, 0.6) is 0 Å². The average Bonchev–Trinajstić information content (AvgIpc) is 2.65. The molecule has 4 heteroatoms. The lowest BCUT2D eigenvalue weighted by atomic mass is 10.1. The number of halogens is 2. The molecule has 0 spiro atoms. The van der Waals surface area contributed by atoms with Gasteiger partial charge in [0.2, 0.25) is 0 Å². The Hall–Kier alpha value is -0.800. The molecule has 0 unspecified atom stereocenters. The summed E-state index contributed by atoms with van der Waals surface area (Å²) >= 11 is 9.20. The van der Waals surface area contributed by atoms with E-state index in [-0.39, 0.29) is 0 Å². The third-order valence-corrected chi connectivity index (χ3v) is 2.95. The minimum absolute atomic E-state index is 0.362. The van der Waals surface area contributed by atoms with E-state index >= 15 is 0 Å². The summed E-state index contributed by atoms with van der Waals surface area (Å²) in [7, 11) is 0. The molecule has 0 atom stereocenters. The maximum Gasteiger partial charge on any atom is 0.181 e. The molecule has 0 aliphatic carbocycles. The number of aryl methyl sites for hydroxylation is 1. The highest BCUT2D eigenvalue weighted by Gasteiger charge is 2.11. The summed E-state index contributed by atoms with van der Waals surface area (Å²) in [5, 5.41) is 0. The van der Waals surface area contributed by atoms with E-state index in [1.165, 1.54) is 6.39 Å². The van der Waals surface area contributed by atoms with E-state index in [4.69, 9.17) is 16.0 Å². The number of nitrogens with zero attached hydrogens (tertiary/aromatic N) is 1. The molecule has 0 amide bonds. The number of aromatic nitrogens is 1. The second-order valence-corrected chi connectivity index (χ2v) is 4.40. The van der Waals surface area contributed by atoms with Crippen molar-refractivity contribution in [3.8, 4) is 11.3 Å². The number of alkyl halides is 1. The fourth-order valence-corrected chi connectivity index (χ4v) is 2.13. The molecule has 2 nitrogen and oxygen atoms in total. The lowest BCUT2D eigenvalue weighted by molar-refractivity contribution is 0.571. The molecule has 0 saturated heterocycles. The first-order valence-corrected chi connectivity index (χ1v) is 5.80. The SMILES string of the molecule is Cc1cc(Br)ccc1-c1ocnc1CCl. The maximum absolute atomic E-state index is 5.78. The van der Waals surface area contributed by atoms with Crippen LogP contribution in [0.4, 0.5) is 0 Å². The van der Waals surface area contributed by atoms with Gasteiger partial charge in [-0.25, -0.2) is 4.98 Å². The van der Waals surface area contributed by atoms with Gasteiger partial charge in [0.1, 0.15) is 5.69 Å². The predicted molar refractivity (Wildman–Crippen MR) is 63.9 cm³/mol. The fraction of sp³-hybridized carbons (Fsp3) is 0.182. The summed E-state index contributed by atoms with van der Waals surface area (Å²) < 4.78 is 6.40. The second-order valence-electron chi connectivity index (χ2n) is 3.22. The zero-order valence-corrected chi connectivity index (χ0v) is 10.5. The minimum Gasteiger partial charge on any atom is -0.443 e. The first-order chi connectivity index (χ1) is 7.22. The van der Waals surface area contributed by atoms with E-state index in [0.717, 1.165) is 27.1 Å². The molecule has 0 fully saturated rings. The molecule has 2 rings (SSSR count). The highest BCUT2D eigenvalue weighted by molar-refractivity contribution is 9.10. The molecule has 78 valence electrons. The van der Waals surface area contributed by atoms with E-state index in [1.54, 1.807) is 0 Å². The standard InChI is InChI=1S/C11H9BrClNO/c1-7-4-8(12)2-3-9(7)11-10(5-13)14-6-15-11/h2-4,6H,5H2,1H3. The minimum atomic E-state index is 0.362. The molecule has 0 saturated carbocycles. The normalized spacial score (nSPS) is 10.6. The third-order valence-electron chi connectivity index (χ3n) is 2.20. The van der Waals surface area contributed by atoms with Crippen LogP contribution in [0.15, 0.2) is 33.5 Å². The summed E-state index contributed by atoms with van der Waals surface area (Å²) in [6.07, 6.45) is 1.43. The average molecular weight is 287 g/mol. The maximum atomic E-state index is 5.78. The molecular weight excluding hydrogens is 277 g/mol. The van der Waals surface area contributed by atoms with E-state index in [1.807, 2.05) is 25.1 Å². The Morgan fingerprint density at radius 2 is 2.27 bits per heavy atom. The Labute approximate surface area is 101 Å². The fourth-order valence-electron chi connectivity index (χ4n) is 1.47. The Morgan fingerprint density at radius 1 is 1.47 bits per heavy atom. The van der Waals surface area contributed by atoms with Crippen LogP contribution in [-0.4, -0.2) is 4.98 Å². The van der Waals surface area contributed by atoms with Crippen molar-refractivity contribution in [1.82, 2.24) is 4.98 Å². The Kier molecular flexibility index (Phi) is 3.12. The Balaban J connectivity index is 2.54. The molecule has 0 radical (unpaired) electrons. The van der Waals surface area contributed by atoms with Gasteiger partial charge in [-0.2, -0.15) is 0 Å². The second kappa shape index (κ2) is 4.37. The zero-order chi connectivity index (χ0) is 10.8. The molecule has 0 aliphatic heterocycles. The number of benzene rings is 1. The van der Waals surface area contributed by atoms with Gasteiger partial charge in [0.05, 0.1) is 5.88 Å². The van der Waals surface area contributed by atoms with Crippen LogP contribution in [0.1, 0.15) is 11.3 Å². The molecule has 1 aromatic carbocycles. The van der Waals surface area contributed by atoms with E-state index < -0.39 is 0 Å². The van der Waals surface area contributed by atoms with Crippen LogP contribution < -0.4 is 0 Å². The number of hydrogen-bond donors (Lipinski definition) is 0. The van der Waals surface area contributed by atoms with Crippen LogP contribution in [0.2, 0.25) is 0 Å². The molecule has 1 aromatic heterocycles. The molecular formula is C11H9BrClNO. The van der Waals surface area contributed by atoms with Crippen molar-refractivity contribution in [2.75, 3.05) is 0 Å². The highest BCUT2D eigenvalue weighted by Crippen LogP contribution is 2.29. The van der Waals surface area contributed by atoms with Crippen LogP contribution >= 0.6 is 27.5 Å². The predicted octanol–water partition coefficient (Wildman–Crippen LogP) is 4.15. The van der Waals surface area contributed by atoms with Crippen LogP contribution in [-0.2, 0) is 5.88 Å². The third kappa shape index (κ3) is 2.08. The van der Waals surface area contributed by atoms with Gasteiger partial charge in [0.25, 0.3) is 0 Å². The number of hydrogen-bond acceptors (Lipinski definition) is 2. The largest absolute Gasteiger partial charge is 0.443 e. The van der Waals surface area contributed by atoms with Gasteiger partial charge in [-0.05, 0) is 30.7 Å². The first-order valence-electron chi connectivity index (χ1n) is 4.47. The van der Waals surface area contributed by atoms with Crippen LogP contribution in [0.3, 0.4) is 0 Å². The summed E-state index contributed by atoms with van der Waals surface area (Å²) in [6.45, 7) is 2.03. The van der Waals surface area contributed by atoms with E-state index in [9.17, 15) is 0 Å². The van der Waals surface area contributed by atoms with Crippen molar-refractivity contribution in [3.63, 3.8) is 0 Å². The van der Waals surface area contributed by atoms with Crippen molar-refractivity contribution in [3.05, 3.63) is 40.3 Å². The summed E-state index contributed by atoms with van der Waals surface area (Å²) in [6, 6.07) is 6.01. The van der Waals surface area contributed by atoms with Crippen molar-refractivity contribution in [2.45, 2.75) is 12.8 Å². The Morgan fingerprint density at radius 3 is 2.93 bits per heavy atom. The van der Waals surface area contributed by atoms with E-state index in [0.29, 0.717) is 5.88 Å². The summed E-state index contributed by atoms with van der Waals surface area (Å²) in [4.78, 5) is 4.06. The topological polar surface area (TPSA) is 26.0 Å². The number of oxazole rings is 1. The molecule has 1 heterocycles. The molecule has 0 N–H and O–H groups in total. The summed E-state index contributed by atoms with van der Waals surface area (Å²) in [5.41, 5.74) is 2.95. The lowest BCUT2D eigenvalue weighted by Crippen LogP contribution is -1.86. The quantitative estimate of drug-likeness (QED) is 0.775. The number of rotatable bonds is 2. The van der Waals surface area contributed by atoms with Gasteiger partial charge < -0.3 is 4.42 Å². The van der Waals surface area contributed by atoms with Crippen molar-refractivity contribution in [1.29, 1.82) is 0 Å². The van der Waals surface area contributed by atoms with Gasteiger partial charge in [-0.1, -0.05) is 15.9 Å². The van der Waals surface area contributed by atoms with Crippen molar-refractivity contribution < 1.29 is 4.42 Å². The van der Waals surface area contributed by atoms with Gasteiger partial charge in [-0.15, -0.1) is 11.6 Å². The van der Waals surface area contributed by atoms with Crippen molar-refractivity contribution >= 4 is 27.5 Å². The van der Waals surface area contributed by atoms with Gasteiger partial charge in [0, 0.05) is 10.0 Å². The van der Waals surface area contributed by atoms with Crippen LogP contribution in [0, 0.1) is 6.92 Å². The van der Waals surface area contributed by atoms with Gasteiger partial charge >= 0.3 is 0 Å². The summed E-state index contributed by atoms with van der Waals surface area (Å²) in [5.74, 6) is 1.12. The van der Waals surface area contributed by atoms with E-state index in [2.05, 4.69) is 20.9 Å². The van der Waals surface area contributed by atoms with Gasteiger partial charge in [0.15, 0.2) is 12.2 Å². The highest BCUT2D eigenvalue weighted by atomic mass is 79.9. The zero-order valence-electron chi connectivity index (χ0n) is 8.13. The molecule has 0 aliphatic rings. The smallest absolute Gasteiger partial charge is 0.181 e. The lowest BCUT2D eigenvalue weighted by Gasteiger charge is -2.03. The molecule has 2 aromatic rings. The van der Waals surface area contributed by atoms with Crippen molar-refractivity contribution in [2.24, 2.45) is 0 Å².